The van der Waals surface area contributed by atoms with Gasteiger partial charge in [0, 0.05) is 25.2 Å². The normalized spacial score (nSPS) is 24.3. The largest absolute Gasteiger partial charge is 0.347 e. The van der Waals surface area contributed by atoms with Gasteiger partial charge in [0.15, 0.2) is 0 Å². The summed E-state index contributed by atoms with van der Waals surface area (Å²) in [7, 11) is 1.82. The van der Waals surface area contributed by atoms with Crippen molar-refractivity contribution in [2.45, 2.75) is 50.2 Å². The summed E-state index contributed by atoms with van der Waals surface area (Å²) in [6, 6.07) is 7.23. The molecule has 0 aromatic heterocycles. The molecule has 2 saturated heterocycles. The summed E-state index contributed by atoms with van der Waals surface area (Å²) in [5, 5.41) is 6.20. The SMILES string of the molecule is CN(C(=O)CNC(=O)Cc1cccc(F)c1)C1CC2CCC(C1)N2.Cl. The van der Waals surface area contributed by atoms with E-state index in [0.29, 0.717) is 17.6 Å². The zero-order valence-corrected chi connectivity index (χ0v) is 15.2. The van der Waals surface area contributed by atoms with Crippen molar-refractivity contribution in [3.05, 3.63) is 35.6 Å². The van der Waals surface area contributed by atoms with Crippen molar-refractivity contribution in [3.8, 4) is 0 Å². The summed E-state index contributed by atoms with van der Waals surface area (Å²) in [6.45, 7) is -0.0100. The van der Waals surface area contributed by atoms with Crippen LogP contribution < -0.4 is 10.6 Å². The van der Waals surface area contributed by atoms with Crippen molar-refractivity contribution >= 4 is 24.2 Å². The molecule has 2 fully saturated rings. The zero-order valence-electron chi connectivity index (χ0n) is 14.3. The van der Waals surface area contributed by atoms with Crippen LogP contribution >= 0.6 is 12.4 Å². The molecule has 0 aliphatic carbocycles. The van der Waals surface area contributed by atoms with Gasteiger partial charge in [0.25, 0.3) is 0 Å². The van der Waals surface area contributed by atoms with Crippen LogP contribution in [0.5, 0.6) is 0 Å². The minimum atomic E-state index is -0.364. The highest BCUT2D eigenvalue weighted by atomic mass is 35.5. The number of carbonyl (C=O) groups is 2. The van der Waals surface area contributed by atoms with Crippen LogP contribution in [0, 0.1) is 5.82 Å². The molecule has 138 valence electrons. The van der Waals surface area contributed by atoms with Crippen molar-refractivity contribution < 1.29 is 14.0 Å². The summed E-state index contributed by atoms with van der Waals surface area (Å²) in [4.78, 5) is 26.0. The molecule has 2 amide bonds. The summed E-state index contributed by atoms with van der Waals surface area (Å²) < 4.78 is 13.1. The van der Waals surface area contributed by atoms with E-state index in [1.165, 1.54) is 25.0 Å². The van der Waals surface area contributed by atoms with E-state index in [4.69, 9.17) is 0 Å². The van der Waals surface area contributed by atoms with E-state index >= 15 is 0 Å². The predicted molar refractivity (Wildman–Crippen MR) is 96.1 cm³/mol. The van der Waals surface area contributed by atoms with Gasteiger partial charge >= 0.3 is 0 Å². The second-order valence-corrected chi connectivity index (χ2v) is 6.85. The van der Waals surface area contributed by atoms with E-state index in [1.54, 1.807) is 17.0 Å². The third-order valence-electron chi connectivity index (χ3n) is 5.08. The fourth-order valence-corrected chi connectivity index (χ4v) is 3.74. The molecule has 2 N–H and O–H groups in total. The lowest BCUT2D eigenvalue weighted by molar-refractivity contribution is -0.134. The first-order valence-corrected chi connectivity index (χ1v) is 8.54. The molecule has 2 unspecified atom stereocenters. The van der Waals surface area contributed by atoms with E-state index < -0.39 is 0 Å². The molecule has 2 bridgehead atoms. The fraction of sp³-hybridized carbons (Fsp3) is 0.556. The summed E-state index contributed by atoms with van der Waals surface area (Å²) in [5.41, 5.74) is 0.600. The number of likely N-dealkylation sites (N-methyl/N-ethyl adjacent to an activating group) is 1. The lowest BCUT2D eigenvalue weighted by Crippen LogP contribution is -2.50. The minimum absolute atomic E-state index is 0. The van der Waals surface area contributed by atoms with Crippen LogP contribution in [-0.4, -0.2) is 48.4 Å². The number of carbonyl (C=O) groups excluding carboxylic acids is 2. The third-order valence-corrected chi connectivity index (χ3v) is 5.08. The van der Waals surface area contributed by atoms with Crippen molar-refractivity contribution in [3.63, 3.8) is 0 Å². The summed E-state index contributed by atoms with van der Waals surface area (Å²) >= 11 is 0. The quantitative estimate of drug-likeness (QED) is 0.829. The molecule has 3 rings (SSSR count). The van der Waals surface area contributed by atoms with Gasteiger partial charge in [0.2, 0.25) is 11.8 Å². The summed E-state index contributed by atoms with van der Waals surface area (Å²) in [5.74, 6) is -0.710. The van der Waals surface area contributed by atoms with E-state index in [0.717, 1.165) is 12.8 Å². The maximum atomic E-state index is 13.1. The molecule has 2 atom stereocenters. The number of benzene rings is 1. The molecular weight excluding hydrogens is 345 g/mol. The average molecular weight is 370 g/mol. The van der Waals surface area contributed by atoms with Crippen LogP contribution in [0.1, 0.15) is 31.2 Å². The number of rotatable bonds is 5. The van der Waals surface area contributed by atoms with Crippen molar-refractivity contribution in [1.82, 2.24) is 15.5 Å². The second kappa shape index (κ2) is 8.63. The van der Waals surface area contributed by atoms with Gasteiger partial charge in [-0.15, -0.1) is 12.4 Å². The van der Waals surface area contributed by atoms with E-state index in [9.17, 15) is 14.0 Å². The maximum Gasteiger partial charge on any atom is 0.241 e. The topological polar surface area (TPSA) is 61.4 Å². The fourth-order valence-electron chi connectivity index (χ4n) is 3.74. The smallest absolute Gasteiger partial charge is 0.241 e. The van der Waals surface area contributed by atoms with Crippen LogP contribution in [-0.2, 0) is 16.0 Å². The molecule has 2 aliphatic heterocycles. The Kier molecular flexibility index (Phi) is 6.79. The average Bonchev–Trinajstić information content (AvgIpc) is 2.90. The first-order valence-electron chi connectivity index (χ1n) is 8.54. The van der Waals surface area contributed by atoms with Crippen molar-refractivity contribution in [2.75, 3.05) is 13.6 Å². The third kappa shape index (κ3) is 5.16. The number of piperidine rings is 1. The van der Waals surface area contributed by atoms with Gasteiger partial charge in [-0.3, -0.25) is 9.59 Å². The number of nitrogens with one attached hydrogen (secondary N) is 2. The van der Waals surface area contributed by atoms with Gasteiger partial charge < -0.3 is 15.5 Å². The molecule has 25 heavy (non-hydrogen) atoms. The Labute approximate surface area is 153 Å². The molecule has 0 radical (unpaired) electrons. The minimum Gasteiger partial charge on any atom is -0.347 e. The molecule has 7 heteroatoms. The zero-order chi connectivity index (χ0) is 17.1. The van der Waals surface area contributed by atoms with Gasteiger partial charge in [-0.05, 0) is 43.4 Å². The molecular formula is C18H25ClFN3O2. The monoisotopic (exact) mass is 369 g/mol. The van der Waals surface area contributed by atoms with Crippen LogP contribution in [0.2, 0.25) is 0 Å². The lowest BCUT2D eigenvalue weighted by Gasteiger charge is -2.35. The van der Waals surface area contributed by atoms with Gasteiger partial charge in [-0.2, -0.15) is 0 Å². The Bertz CT molecular complexity index is 616. The Morgan fingerprint density at radius 3 is 2.60 bits per heavy atom. The Morgan fingerprint density at radius 1 is 1.28 bits per heavy atom. The van der Waals surface area contributed by atoms with Gasteiger partial charge in [0.1, 0.15) is 5.82 Å². The Morgan fingerprint density at radius 2 is 1.96 bits per heavy atom. The molecule has 1 aromatic rings. The van der Waals surface area contributed by atoms with E-state index in [2.05, 4.69) is 10.6 Å². The number of amides is 2. The number of nitrogens with zero attached hydrogens (tertiary/aromatic N) is 1. The van der Waals surface area contributed by atoms with E-state index in [-0.39, 0.29) is 49.0 Å². The highest BCUT2D eigenvalue weighted by Crippen LogP contribution is 2.29. The van der Waals surface area contributed by atoms with Crippen LogP contribution in [0.3, 0.4) is 0 Å². The molecule has 1 aromatic carbocycles. The molecule has 0 saturated carbocycles. The van der Waals surface area contributed by atoms with Crippen molar-refractivity contribution in [2.24, 2.45) is 0 Å². The molecule has 2 aliphatic rings. The van der Waals surface area contributed by atoms with Gasteiger partial charge in [0.05, 0.1) is 13.0 Å². The Balaban J connectivity index is 0.00000225. The van der Waals surface area contributed by atoms with Gasteiger partial charge in [-0.1, -0.05) is 12.1 Å². The van der Waals surface area contributed by atoms with Crippen molar-refractivity contribution in [1.29, 1.82) is 0 Å². The van der Waals surface area contributed by atoms with Crippen LogP contribution in [0.25, 0.3) is 0 Å². The summed E-state index contributed by atoms with van der Waals surface area (Å²) in [6.07, 6.45) is 4.42. The number of halogens is 2. The van der Waals surface area contributed by atoms with Crippen LogP contribution in [0.15, 0.2) is 24.3 Å². The Hall–Kier alpha value is -1.66. The first-order chi connectivity index (χ1) is 11.5. The number of hydrogen-bond acceptors (Lipinski definition) is 3. The maximum absolute atomic E-state index is 13.1. The van der Waals surface area contributed by atoms with Crippen LogP contribution in [0.4, 0.5) is 4.39 Å². The predicted octanol–water partition coefficient (Wildman–Crippen LogP) is 1.65. The second-order valence-electron chi connectivity index (χ2n) is 6.85. The first kappa shape index (κ1) is 19.7. The van der Waals surface area contributed by atoms with E-state index in [1.807, 2.05) is 7.05 Å². The lowest BCUT2D eigenvalue weighted by atomic mass is 9.98. The highest BCUT2D eigenvalue weighted by molar-refractivity contribution is 5.86. The highest BCUT2D eigenvalue weighted by Gasteiger charge is 2.36. The number of fused-ring (bicyclic) bond motifs is 2. The molecule has 0 spiro atoms. The molecule has 5 nitrogen and oxygen atoms in total. The standard InChI is InChI=1S/C18H24FN3O2.ClH/c1-22(16-9-14-5-6-15(10-16)21-14)18(24)11-20-17(23)8-12-3-2-4-13(19)7-12;/h2-4,7,14-16,21H,5-6,8-11H2,1H3,(H,20,23);1H. The van der Waals surface area contributed by atoms with Gasteiger partial charge in [-0.25, -0.2) is 4.39 Å². The molecule has 2 heterocycles. The number of hydrogen-bond donors (Lipinski definition) is 2.